The van der Waals surface area contributed by atoms with E-state index in [9.17, 15) is 4.79 Å². The summed E-state index contributed by atoms with van der Waals surface area (Å²) in [5.41, 5.74) is 1.17. The Labute approximate surface area is 74.9 Å². The van der Waals surface area contributed by atoms with Crippen molar-refractivity contribution in [2.24, 2.45) is 17.8 Å². The highest BCUT2D eigenvalue weighted by molar-refractivity contribution is 5.84. The van der Waals surface area contributed by atoms with E-state index in [2.05, 4.69) is 6.58 Å². The first-order valence-corrected chi connectivity index (χ1v) is 4.73. The molecule has 0 aromatic heterocycles. The smallest absolute Gasteiger partial charge is 0.139 e. The number of hydrogen-bond acceptors (Lipinski definition) is 1. The van der Waals surface area contributed by atoms with Gasteiger partial charge in [0.25, 0.3) is 0 Å². The molecule has 0 radical (unpaired) electrons. The van der Waals surface area contributed by atoms with Crippen LogP contribution in [0.4, 0.5) is 0 Å². The Morgan fingerprint density at radius 3 is 2.50 bits per heavy atom. The Morgan fingerprint density at radius 1 is 1.42 bits per heavy atom. The summed E-state index contributed by atoms with van der Waals surface area (Å²) in [5, 5.41) is 0. The molecule has 0 aromatic rings. The summed E-state index contributed by atoms with van der Waals surface area (Å²) in [4.78, 5) is 11.6. The lowest BCUT2D eigenvalue weighted by Crippen LogP contribution is -2.32. The van der Waals surface area contributed by atoms with E-state index in [0.717, 1.165) is 12.8 Å². The van der Waals surface area contributed by atoms with Gasteiger partial charge in [-0.1, -0.05) is 26.0 Å². The lowest BCUT2D eigenvalue weighted by atomic mass is 9.72. The van der Waals surface area contributed by atoms with Crippen molar-refractivity contribution in [2.45, 2.75) is 33.6 Å². The predicted molar refractivity (Wildman–Crippen MR) is 50.9 cm³/mol. The molecule has 0 aliphatic heterocycles. The molecule has 0 amide bonds. The molecule has 1 heteroatoms. The van der Waals surface area contributed by atoms with Crippen LogP contribution in [0, 0.1) is 17.8 Å². The fourth-order valence-electron chi connectivity index (χ4n) is 2.14. The molecule has 0 unspecified atom stereocenters. The monoisotopic (exact) mass is 166 g/mol. The fourth-order valence-corrected chi connectivity index (χ4v) is 2.14. The van der Waals surface area contributed by atoms with Crippen molar-refractivity contribution < 1.29 is 4.79 Å². The number of Topliss-reactive ketones (excluding diaryl/α,β-unsaturated/α-hetero) is 1. The van der Waals surface area contributed by atoms with E-state index in [4.69, 9.17) is 0 Å². The van der Waals surface area contributed by atoms with Crippen molar-refractivity contribution in [3.05, 3.63) is 12.2 Å². The normalized spacial score (nSPS) is 36.6. The second-order valence-electron chi connectivity index (χ2n) is 4.12. The molecule has 12 heavy (non-hydrogen) atoms. The lowest BCUT2D eigenvalue weighted by Gasteiger charge is -2.31. The topological polar surface area (TPSA) is 17.1 Å². The zero-order valence-corrected chi connectivity index (χ0v) is 8.26. The highest BCUT2D eigenvalue weighted by Gasteiger charge is 2.32. The molecular weight excluding hydrogens is 148 g/mol. The molecule has 68 valence electrons. The zero-order chi connectivity index (χ0) is 9.30. The summed E-state index contributed by atoms with van der Waals surface area (Å²) >= 11 is 0. The average Bonchev–Trinajstić information content (AvgIpc) is 2.00. The molecule has 0 aromatic carbocycles. The molecule has 0 heterocycles. The van der Waals surface area contributed by atoms with E-state index in [-0.39, 0.29) is 11.8 Å². The molecule has 1 rings (SSSR count). The van der Waals surface area contributed by atoms with Crippen LogP contribution >= 0.6 is 0 Å². The van der Waals surface area contributed by atoms with E-state index in [0.29, 0.717) is 11.7 Å². The van der Waals surface area contributed by atoms with Crippen LogP contribution in [0.15, 0.2) is 12.2 Å². The van der Waals surface area contributed by atoms with Gasteiger partial charge >= 0.3 is 0 Å². The minimum Gasteiger partial charge on any atom is -0.299 e. The van der Waals surface area contributed by atoms with Crippen LogP contribution in [0.2, 0.25) is 0 Å². The molecule has 1 saturated carbocycles. The first-order valence-electron chi connectivity index (χ1n) is 4.73. The molecule has 3 atom stereocenters. The van der Waals surface area contributed by atoms with Crippen molar-refractivity contribution in [1.82, 2.24) is 0 Å². The van der Waals surface area contributed by atoms with Crippen LogP contribution in [0.3, 0.4) is 0 Å². The lowest BCUT2D eigenvalue weighted by molar-refractivity contribution is -0.129. The van der Waals surface area contributed by atoms with Gasteiger partial charge in [0.2, 0.25) is 0 Å². The van der Waals surface area contributed by atoms with Gasteiger partial charge in [0.15, 0.2) is 0 Å². The van der Waals surface area contributed by atoms with Gasteiger partial charge in [0.1, 0.15) is 5.78 Å². The largest absolute Gasteiger partial charge is 0.299 e. The Bertz CT molecular complexity index is 205. The van der Waals surface area contributed by atoms with E-state index in [1.54, 1.807) is 0 Å². The summed E-state index contributed by atoms with van der Waals surface area (Å²) in [5.74, 6) is 1.34. The van der Waals surface area contributed by atoms with Gasteiger partial charge in [-0.2, -0.15) is 0 Å². The van der Waals surface area contributed by atoms with Gasteiger partial charge in [0, 0.05) is 11.8 Å². The first-order chi connectivity index (χ1) is 5.54. The Hall–Kier alpha value is -0.590. The van der Waals surface area contributed by atoms with Crippen molar-refractivity contribution in [2.75, 3.05) is 0 Å². The Balaban J connectivity index is 2.71. The Morgan fingerprint density at radius 2 is 2.00 bits per heavy atom. The van der Waals surface area contributed by atoms with E-state index >= 15 is 0 Å². The first kappa shape index (κ1) is 9.50. The highest BCUT2D eigenvalue weighted by atomic mass is 16.1. The number of carbonyl (C=O) groups excluding carboxylic acids is 1. The highest BCUT2D eigenvalue weighted by Crippen LogP contribution is 2.34. The van der Waals surface area contributed by atoms with Gasteiger partial charge in [0.05, 0.1) is 0 Å². The molecule has 1 fully saturated rings. The van der Waals surface area contributed by atoms with Gasteiger partial charge in [-0.05, 0) is 25.7 Å². The Kier molecular flexibility index (Phi) is 2.71. The van der Waals surface area contributed by atoms with E-state index in [1.165, 1.54) is 5.57 Å². The van der Waals surface area contributed by atoms with Crippen LogP contribution in [0.1, 0.15) is 33.6 Å². The predicted octanol–water partition coefficient (Wildman–Crippen LogP) is 2.81. The third kappa shape index (κ3) is 1.60. The molecular formula is C11H18O. The van der Waals surface area contributed by atoms with Gasteiger partial charge < -0.3 is 0 Å². The van der Waals surface area contributed by atoms with Gasteiger partial charge in [-0.15, -0.1) is 0 Å². The van der Waals surface area contributed by atoms with E-state index in [1.807, 2.05) is 20.8 Å². The van der Waals surface area contributed by atoms with Gasteiger partial charge in [-0.25, -0.2) is 0 Å². The summed E-state index contributed by atoms with van der Waals surface area (Å²) in [6.07, 6.45) is 2.18. The second kappa shape index (κ2) is 3.42. The molecule has 1 aliphatic carbocycles. The minimum absolute atomic E-state index is 0.200. The standard InChI is InChI=1S/C11H18O/c1-7(2)10-6-5-8(3)11(12)9(10)4/h8-10H,1,5-6H2,2-4H3/t8-,9-,10-/m0/s1. The molecule has 0 spiro atoms. The van der Waals surface area contributed by atoms with Gasteiger partial charge in [-0.3, -0.25) is 4.79 Å². The number of allylic oxidation sites excluding steroid dienone is 1. The SMILES string of the molecule is C=C(C)[C@@H]1CC[C@H](C)C(=O)[C@H]1C. The summed E-state index contributed by atoms with van der Waals surface area (Å²) < 4.78 is 0. The number of rotatable bonds is 1. The maximum Gasteiger partial charge on any atom is 0.139 e. The number of ketones is 1. The van der Waals surface area contributed by atoms with Crippen molar-refractivity contribution in [1.29, 1.82) is 0 Å². The third-order valence-electron chi connectivity index (χ3n) is 3.08. The fraction of sp³-hybridized carbons (Fsp3) is 0.727. The molecule has 1 aliphatic rings. The summed E-state index contributed by atoms with van der Waals surface area (Å²) in [6, 6.07) is 0. The van der Waals surface area contributed by atoms with Crippen LogP contribution in [-0.2, 0) is 4.79 Å². The van der Waals surface area contributed by atoms with Crippen LogP contribution in [0.25, 0.3) is 0 Å². The van der Waals surface area contributed by atoms with Crippen LogP contribution in [-0.4, -0.2) is 5.78 Å². The number of hydrogen-bond donors (Lipinski definition) is 0. The van der Waals surface area contributed by atoms with Crippen molar-refractivity contribution in [3.63, 3.8) is 0 Å². The average molecular weight is 166 g/mol. The zero-order valence-electron chi connectivity index (χ0n) is 8.26. The van der Waals surface area contributed by atoms with E-state index < -0.39 is 0 Å². The minimum atomic E-state index is 0.200. The molecule has 0 N–H and O–H groups in total. The molecule has 0 saturated heterocycles. The van der Waals surface area contributed by atoms with Crippen molar-refractivity contribution in [3.8, 4) is 0 Å². The summed E-state index contributed by atoms with van der Waals surface area (Å²) in [6.45, 7) is 10.0. The quantitative estimate of drug-likeness (QED) is 0.547. The van der Waals surface area contributed by atoms with Crippen molar-refractivity contribution >= 4 is 5.78 Å². The maximum absolute atomic E-state index is 11.6. The third-order valence-corrected chi connectivity index (χ3v) is 3.08. The van der Waals surface area contributed by atoms with Crippen LogP contribution < -0.4 is 0 Å². The maximum atomic E-state index is 11.6. The second-order valence-corrected chi connectivity index (χ2v) is 4.12. The number of carbonyl (C=O) groups is 1. The molecule has 1 nitrogen and oxygen atoms in total. The van der Waals surface area contributed by atoms with Crippen LogP contribution in [0.5, 0.6) is 0 Å². The summed E-state index contributed by atoms with van der Waals surface area (Å²) in [7, 11) is 0. The molecule has 0 bridgehead atoms.